The van der Waals surface area contributed by atoms with Crippen molar-refractivity contribution in [3.63, 3.8) is 0 Å². The highest BCUT2D eigenvalue weighted by atomic mass is 28.3. The summed E-state index contributed by atoms with van der Waals surface area (Å²) >= 11 is 0. The van der Waals surface area contributed by atoms with E-state index in [2.05, 4.69) is 43.6 Å². The smallest absolute Gasteiger partial charge is 0.119 e. The maximum Gasteiger partial charge on any atom is 0.119 e. The predicted octanol–water partition coefficient (Wildman–Crippen LogP) is 3.42. The summed E-state index contributed by atoms with van der Waals surface area (Å²) in [5, 5.41) is 9.72. The molecule has 0 spiro atoms. The van der Waals surface area contributed by atoms with Crippen molar-refractivity contribution in [2.45, 2.75) is 44.6 Å². The van der Waals surface area contributed by atoms with Crippen LogP contribution in [0.2, 0.25) is 19.6 Å². The molecule has 0 amide bonds. The molecule has 0 saturated heterocycles. The van der Waals surface area contributed by atoms with Gasteiger partial charge in [0.05, 0.1) is 8.07 Å². The van der Waals surface area contributed by atoms with Gasteiger partial charge in [-0.25, -0.2) is 0 Å². The molecule has 1 nitrogen and oxygen atoms in total. The topological polar surface area (TPSA) is 20.2 Å². The average molecular weight is 246 g/mol. The van der Waals surface area contributed by atoms with Gasteiger partial charge in [0.1, 0.15) is 5.60 Å². The first-order valence-electron chi connectivity index (χ1n) is 6.00. The van der Waals surface area contributed by atoms with Crippen LogP contribution in [-0.4, -0.2) is 18.8 Å². The highest BCUT2D eigenvalue weighted by Crippen LogP contribution is 2.26. The minimum absolute atomic E-state index is 0.273. The second-order valence-electron chi connectivity index (χ2n) is 6.04. The van der Waals surface area contributed by atoms with Crippen LogP contribution in [0.1, 0.15) is 25.0 Å². The van der Waals surface area contributed by atoms with E-state index in [1.807, 2.05) is 18.2 Å². The van der Waals surface area contributed by atoms with Crippen LogP contribution in [0.15, 0.2) is 30.3 Å². The van der Waals surface area contributed by atoms with Crippen molar-refractivity contribution in [1.82, 2.24) is 0 Å². The molecule has 92 valence electrons. The van der Waals surface area contributed by atoms with E-state index in [1.165, 1.54) is 5.56 Å². The summed E-state index contributed by atoms with van der Waals surface area (Å²) in [5.74, 6) is 6.24. The second kappa shape index (κ2) is 5.08. The Kier molecular flexibility index (Phi) is 4.19. The van der Waals surface area contributed by atoms with E-state index in [1.54, 1.807) is 13.8 Å². The van der Waals surface area contributed by atoms with Crippen LogP contribution in [0, 0.1) is 11.8 Å². The highest BCUT2D eigenvalue weighted by Gasteiger charge is 2.26. The van der Waals surface area contributed by atoms with Crippen molar-refractivity contribution in [2.75, 3.05) is 0 Å². The van der Waals surface area contributed by atoms with Gasteiger partial charge in [0.2, 0.25) is 0 Å². The Bertz CT molecular complexity index is 412. The molecule has 1 N–H and O–H groups in total. The summed E-state index contributed by atoms with van der Waals surface area (Å²) in [6.45, 7) is 10.4. The summed E-state index contributed by atoms with van der Waals surface area (Å²) in [7, 11) is -1.41. The van der Waals surface area contributed by atoms with Gasteiger partial charge in [-0.05, 0) is 19.4 Å². The van der Waals surface area contributed by atoms with Crippen molar-refractivity contribution in [3.8, 4) is 11.8 Å². The minimum Gasteiger partial charge on any atom is -0.378 e. The summed E-state index contributed by atoms with van der Waals surface area (Å²) < 4.78 is 0. The van der Waals surface area contributed by atoms with Crippen LogP contribution < -0.4 is 0 Å². The predicted molar refractivity (Wildman–Crippen MR) is 76.6 cm³/mol. The molecule has 17 heavy (non-hydrogen) atoms. The molecule has 1 aromatic carbocycles. The van der Waals surface area contributed by atoms with Gasteiger partial charge in [0, 0.05) is 5.54 Å². The molecule has 1 aromatic rings. The van der Waals surface area contributed by atoms with E-state index >= 15 is 0 Å². The molecule has 2 heteroatoms. The fourth-order valence-corrected chi connectivity index (χ4v) is 3.39. The molecule has 1 atom stereocenters. The van der Waals surface area contributed by atoms with Crippen LogP contribution in [-0.2, 0) is 0 Å². The third kappa shape index (κ3) is 4.76. The van der Waals surface area contributed by atoms with Gasteiger partial charge in [-0.2, -0.15) is 0 Å². The van der Waals surface area contributed by atoms with Crippen molar-refractivity contribution in [1.29, 1.82) is 0 Å². The van der Waals surface area contributed by atoms with Gasteiger partial charge < -0.3 is 5.11 Å². The zero-order valence-electron chi connectivity index (χ0n) is 11.4. The van der Waals surface area contributed by atoms with Crippen molar-refractivity contribution < 1.29 is 5.11 Å². The zero-order valence-corrected chi connectivity index (χ0v) is 12.4. The zero-order chi connectivity index (χ0) is 13.1. The molecule has 1 unspecified atom stereocenters. The first-order valence-corrected chi connectivity index (χ1v) is 9.58. The van der Waals surface area contributed by atoms with Crippen LogP contribution in [0.4, 0.5) is 0 Å². The maximum atomic E-state index is 9.72. The molecule has 0 aliphatic heterocycles. The van der Waals surface area contributed by atoms with Crippen LogP contribution >= 0.6 is 0 Å². The Labute approximate surface area is 106 Å². The SMILES string of the molecule is CC(C)(O)C#CC(c1ccccc1)[Si](C)(C)C. The third-order valence-corrected chi connectivity index (χ3v) is 4.73. The lowest BCUT2D eigenvalue weighted by molar-refractivity contribution is 0.143. The van der Waals surface area contributed by atoms with Crippen molar-refractivity contribution in [2.24, 2.45) is 0 Å². The second-order valence-corrected chi connectivity index (χ2v) is 11.3. The lowest BCUT2D eigenvalue weighted by Crippen LogP contribution is -2.30. The molecule has 0 aromatic heterocycles. The first kappa shape index (κ1) is 14.0. The summed E-state index contributed by atoms with van der Waals surface area (Å²) in [4.78, 5) is 0. The number of rotatable bonds is 2. The van der Waals surface area contributed by atoms with Gasteiger partial charge in [0.15, 0.2) is 0 Å². The molecule has 0 fully saturated rings. The third-order valence-electron chi connectivity index (χ3n) is 2.52. The fraction of sp³-hybridized carbons (Fsp3) is 0.467. The van der Waals surface area contributed by atoms with E-state index < -0.39 is 13.7 Å². The van der Waals surface area contributed by atoms with Crippen molar-refractivity contribution >= 4 is 8.07 Å². The van der Waals surface area contributed by atoms with Gasteiger partial charge in [0.25, 0.3) is 0 Å². The summed E-state index contributed by atoms with van der Waals surface area (Å²) in [6, 6.07) is 10.4. The van der Waals surface area contributed by atoms with Crippen LogP contribution in [0.3, 0.4) is 0 Å². The molecule has 0 saturated carbocycles. The molecule has 0 bridgehead atoms. The molecular weight excluding hydrogens is 224 g/mol. The Morgan fingerprint density at radius 3 is 2.06 bits per heavy atom. The quantitative estimate of drug-likeness (QED) is 0.626. The molecule has 0 radical (unpaired) electrons. The van der Waals surface area contributed by atoms with Crippen LogP contribution in [0.25, 0.3) is 0 Å². The van der Waals surface area contributed by atoms with Gasteiger partial charge in [-0.15, -0.1) is 0 Å². The lowest BCUT2D eigenvalue weighted by Gasteiger charge is -2.25. The van der Waals surface area contributed by atoms with Crippen molar-refractivity contribution in [3.05, 3.63) is 35.9 Å². The lowest BCUT2D eigenvalue weighted by atomic mass is 10.1. The number of hydrogen-bond acceptors (Lipinski definition) is 1. The minimum atomic E-state index is -1.41. The molecule has 0 aliphatic rings. The Morgan fingerprint density at radius 1 is 1.12 bits per heavy atom. The van der Waals surface area contributed by atoms with E-state index in [0.717, 1.165) is 0 Å². The standard InChI is InChI=1S/C15H22OSi/c1-15(2,16)12-11-14(17(3,4)5)13-9-7-6-8-10-13/h6-10,14,16H,1-5H3. The number of aliphatic hydroxyl groups is 1. The first-order chi connectivity index (χ1) is 7.70. The summed E-state index contributed by atoms with van der Waals surface area (Å²) in [5.41, 5.74) is 0.630. The van der Waals surface area contributed by atoms with E-state index in [0.29, 0.717) is 0 Å². The van der Waals surface area contributed by atoms with E-state index in [9.17, 15) is 5.11 Å². The van der Waals surface area contributed by atoms with E-state index in [4.69, 9.17) is 0 Å². The van der Waals surface area contributed by atoms with Gasteiger partial charge in [-0.3, -0.25) is 0 Å². The van der Waals surface area contributed by atoms with Gasteiger partial charge in [-0.1, -0.05) is 61.8 Å². The maximum absolute atomic E-state index is 9.72. The number of benzene rings is 1. The summed E-state index contributed by atoms with van der Waals surface area (Å²) in [6.07, 6.45) is 0. The number of hydrogen-bond donors (Lipinski definition) is 1. The normalized spacial score (nSPS) is 13.8. The monoisotopic (exact) mass is 246 g/mol. The fourth-order valence-electron chi connectivity index (χ4n) is 1.69. The highest BCUT2D eigenvalue weighted by molar-refractivity contribution is 6.78. The Hall–Kier alpha value is -1.04. The average Bonchev–Trinajstić information content (AvgIpc) is 2.15. The molecule has 0 heterocycles. The molecule has 1 rings (SSSR count). The molecular formula is C15H22OSi. The Balaban J connectivity index is 3.10. The van der Waals surface area contributed by atoms with Gasteiger partial charge >= 0.3 is 0 Å². The van der Waals surface area contributed by atoms with Crippen LogP contribution in [0.5, 0.6) is 0 Å². The largest absolute Gasteiger partial charge is 0.378 e. The van der Waals surface area contributed by atoms with E-state index in [-0.39, 0.29) is 5.54 Å². The Morgan fingerprint density at radius 2 is 1.65 bits per heavy atom. The molecule has 0 aliphatic carbocycles.